The highest BCUT2D eigenvalue weighted by atomic mass is 19.4. The van der Waals surface area contributed by atoms with Crippen LogP contribution in [-0.2, 0) is 14.7 Å². The molecule has 0 spiro atoms. The minimum atomic E-state index is -7.22. The summed E-state index contributed by atoms with van der Waals surface area (Å²) in [6.45, 7) is 0. The summed E-state index contributed by atoms with van der Waals surface area (Å²) in [7, 11) is 0. The fourth-order valence-corrected chi connectivity index (χ4v) is 0.545. The maximum absolute atomic E-state index is 12.3. The Morgan fingerprint density at radius 1 is 0.600 bits per heavy atom. The normalized spacial score (nSPS) is 15.6. The van der Waals surface area contributed by atoms with Gasteiger partial charge < -0.3 is 0 Å². The largest absolute Gasteiger partial charge is 0.476 e. The van der Waals surface area contributed by atoms with Gasteiger partial charge in [0, 0.05) is 0 Å². The molecule has 0 amide bonds. The molecule has 0 saturated heterocycles. The molecule has 0 aromatic carbocycles. The summed E-state index contributed by atoms with van der Waals surface area (Å²) in [5, 5.41) is 9.24. The minimum Gasteiger partial charge on any atom is -0.243 e. The van der Waals surface area contributed by atoms with Crippen LogP contribution in [0.15, 0.2) is 0 Å². The molecule has 15 heteroatoms. The number of ether oxygens (including phenoxy) is 1. The number of hydrogen-bond donors (Lipinski definition) is 1. The smallest absolute Gasteiger partial charge is 0.243 e. The Morgan fingerprint density at radius 2 is 1.00 bits per heavy atom. The van der Waals surface area contributed by atoms with Crippen molar-refractivity contribution in [3.05, 3.63) is 0 Å². The van der Waals surface area contributed by atoms with Gasteiger partial charge in [-0.15, -0.1) is 4.89 Å². The molecule has 0 aromatic rings. The van der Waals surface area contributed by atoms with E-state index in [9.17, 15) is 48.3 Å². The summed E-state index contributed by atoms with van der Waals surface area (Å²) < 4.78 is 134. The van der Waals surface area contributed by atoms with Crippen LogP contribution in [-0.4, -0.2) is 35.7 Å². The van der Waals surface area contributed by atoms with Gasteiger partial charge in [0.1, 0.15) is 0 Å². The van der Waals surface area contributed by atoms with Crippen molar-refractivity contribution in [3.8, 4) is 0 Å². The highest BCUT2D eigenvalue weighted by Crippen LogP contribution is 2.51. The van der Waals surface area contributed by atoms with Gasteiger partial charge in [-0.05, 0) is 0 Å². The third kappa shape index (κ3) is 3.39. The van der Waals surface area contributed by atoms with Gasteiger partial charge in [-0.2, -0.15) is 48.3 Å². The van der Waals surface area contributed by atoms with E-state index in [2.05, 4.69) is 0 Å². The monoisotopic (exact) mass is 334 g/mol. The summed E-state index contributed by atoms with van der Waals surface area (Å²) in [4.78, 5) is 2.03. The van der Waals surface area contributed by atoms with E-state index in [1.165, 1.54) is 4.74 Å². The highest BCUT2D eigenvalue weighted by Gasteiger charge is 2.79. The van der Waals surface area contributed by atoms with Gasteiger partial charge in [-0.3, -0.25) is 0 Å². The van der Waals surface area contributed by atoms with Crippen molar-refractivity contribution >= 4 is 0 Å². The molecule has 0 aromatic heterocycles. The first kappa shape index (κ1) is 19.1. The average molecular weight is 334 g/mol. The third-order valence-electron chi connectivity index (χ3n) is 1.46. The van der Waals surface area contributed by atoms with Crippen molar-refractivity contribution < 1.29 is 68.2 Å². The standard InChI is InChI=1S/C5HF11O4/c6-1(7,2(8,9)10)3(11,12)18-4(13,14)5(15,16)19-20-17/h17H. The number of hydrogen-bond acceptors (Lipinski definition) is 4. The Morgan fingerprint density at radius 3 is 1.30 bits per heavy atom. The summed E-state index contributed by atoms with van der Waals surface area (Å²) in [6.07, 6.45) is -27.2. The molecule has 20 heavy (non-hydrogen) atoms. The molecule has 0 aliphatic heterocycles. The summed E-state index contributed by atoms with van der Waals surface area (Å²) in [5.74, 6) is -7.22. The van der Waals surface area contributed by atoms with E-state index in [1.807, 2.05) is 9.93 Å². The van der Waals surface area contributed by atoms with Crippen molar-refractivity contribution in [1.29, 1.82) is 0 Å². The SMILES string of the molecule is OOOC(F)(F)C(F)(F)OC(F)(F)C(F)(F)C(F)(F)F. The van der Waals surface area contributed by atoms with Crippen LogP contribution in [0.25, 0.3) is 0 Å². The molecule has 0 unspecified atom stereocenters. The van der Waals surface area contributed by atoms with Gasteiger partial charge in [0.25, 0.3) is 0 Å². The van der Waals surface area contributed by atoms with Gasteiger partial charge in [-0.25, -0.2) is 9.99 Å². The van der Waals surface area contributed by atoms with Crippen LogP contribution in [0.1, 0.15) is 0 Å². The highest BCUT2D eigenvalue weighted by molar-refractivity contribution is 4.86. The first-order valence-electron chi connectivity index (χ1n) is 3.79. The minimum absolute atomic E-state index is 1.53. The zero-order valence-electron chi connectivity index (χ0n) is 8.33. The summed E-state index contributed by atoms with van der Waals surface area (Å²) in [6, 6.07) is 0. The van der Waals surface area contributed by atoms with E-state index in [1.54, 1.807) is 0 Å². The van der Waals surface area contributed by atoms with E-state index in [-0.39, 0.29) is 0 Å². The van der Waals surface area contributed by atoms with Crippen molar-refractivity contribution in [2.24, 2.45) is 0 Å². The summed E-state index contributed by atoms with van der Waals surface area (Å²) in [5.41, 5.74) is 0. The molecule has 0 aliphatic carbocycles. The molecule has 0 aliphatic rings. The number of alkyl halides is 11. The van der Waals surface area contributed by atoms with E-state index >= 15 is 0 Å². The Bertz CT molecular complexity index is 336. The molecule has 0 rings (SSSR count). The fraction of sp³-hybridized carbons (Fsp3) is 1.00. The molecule has 122 valence electrons. The second-order valence-electron chi connectivity index (χ2n) is 2.88. The van der Waals surface area contributed by atoms with Crippen LogP contribution in [0.2, 0.25) is 0 Å². The Balaban J connectivity index is 5.38. The lowest BCUT2D eigenvalue weighted by atomic mass is 10.3. The van der Waals surface area contributed by atoms with E-state index < -0.39 is 30.4 Å². The second-order valence-corrected chi connectivity index (χ2v) is 2.88. The first-order chi connectivity index (χ1) is 8.52. The van der Waals surface area contributed by atoms with Crippen LogP contribution in [0.3, 0.4) is 0 Å². The van der Waals surface area contributed by atoms with Gasteiger partial charge in [0.2, 0.25) is 0 Å². The van der Waals surface area contributed by atoms with E-state index in [0.717, 1.165) is 0 Å². The van der Waals surface area contributed by atoms with Crippen LogP contribution in [0.4, 0.5) is 48.3 Å². The van der Waals surface area contributed by atoms with Gasteiger partial charge in [0.05, 0.1) is 0 Å². The quantitative estimate of drug-likeness (QED) is 0.460. The predicted octanol–water partition coefficient (Wildman–Crippen LogP) is 3.40. The van der Waals surface area contributed by atoms with Crippen LogP contribution >= 0.6 is 0 Å². The zero-order valence-corrected chi connectivity index (χ0v) is 8.33. The molecule has 0 radical (unpaired) electrons. The van der Waals surface area contributed by atoms with Crippen molar-refractivity contribution in [2.75, 3.05) is 0 Å². The van der Waals surface area contributed by atoms with Gasteiger partial charge in [0.15, 0.2) is 0 Å². The van der Waals surface area contributed by atoms with Crippen molar-refractivity contribution in [2.45, 2.75) is 30.4 Å². The molecule has 1 N–H and O–H groups in total. The lowest BCUT2D eigenvalue weighted by molar-refractivity contribution is -0.619. The molecule has 0 atom stereocenters. The van der Waals surface area contributed by atoms with Crippen LogP contribution in [0.5, 0.6) is 0 Å². The molecule has 0 bridgehead atoms. The maximum atomic E-state index is 12.3. The molecular formula is C5HF11O4. The Labute approximate surface area is 100 Å². The molecule has 0 saturated carbocycles. The number of rotatable bonds is 6. The Hall–Kier alpha value is -0.930. The molecule has 0 fully saturated rings. The van der Waals surface area contributed by atoms with Crippen molar-refractivity contribution in [1.82, 2.24) is 0 Å². The first-order valence-corrected chi connectivity index (χ1v) is 3.79. The lowest BCUT2D eigenvalue weighted by Crippen LogP contribution is -2.59. The molecule has 0 heterocycles. The Kier molecular flexibility index (Phi) is 4.88. The third-order valence-corrected chi connectivity index (χ3v) is 1.46. The maximum Gasteiger partial charge on any atom is 0.476 e. The van der Waals surface area contributed by atoms with Crippen LogP contribution in [0, 0.1) is 0 Å². The predicted molar refractivity (Wildman–Crippen MR) is 31.7 cm³/mol. The molecular weight excluding hydrogens is 333 g/mol. The lowest BCUT2D eigenvalue weighted by Gasteiger charge is -2.31. The van der Waals surface area contributed by atoms with Crippen LogP contribution < -0.4 is 0 Å². The number of halogens is 11. The fourth-order valence-electron chi connectivity index (χ4n) is 0.545. The van der Waals surface area contributed by atoms with E-state index in [0.29, 0.717) is 0 Å². The van der Waals surface area contributed by atoms with Gasteiger partial charge in [-0.1, -0.05) is 5.04 Å². The van der Waals surface area contributed by atoms with Gasteiger partial charge >= 0.3 is 30.4 Å². The van der Waals surface area contributed by atoms with Crippen molar-refractivity contribution in [3.63, 3.8) is 0 Å². The second kappa shape index (κ2) is 5.12. The van der Waals surface area contributed by atoms with E-state index in [4.69, 9.17) is 5.26 Å². The average Bonchev–Trinajstić information content (AvgIpc) is 2.13. The molecule has 4 nitrogen and oxygen atoms in total. The zero-order chi connectivity index (χ0) is 16.6. The topological polar surface area (TPSA) is 47.9 Å². The summed E-state index contributed by atoms with van der Waals surface area (Å²) >= 11 is 0.